The second kappa shape index (κ2) is 12.6. The number of nitrogens with two attached hydrogens (primary N) is 1. The zero-order valence-electron chi connectivity index (χ0n) is 18.3. The van der Waals surface area contributed by atoms with Gasteiger partial charge in [-0.2, -0.15) is 8.42 Å². The first kappa shape index (κ1) is 26.7. The first-order valence-electron chi connectivity index (χ1n) is 10.4. The predicted octanol–water partition coefficient (Wildman–Crippen LogP) is 2.81. The molecule has 2 aromatic carbocycles. The van der Waals surface area contributed by atoms with E-state index in [9.17, 15) is 4.79 Å². The summed E-state index contributed by atoms with van der Waals surface area (Å²) in [5, 5.41) is 7.42. The van der Waals surface area contributed by atoms with E-state index >= 15 is 0 Å². The molecule has 0 saturated carbocycles. The number of nitrogens with one attached hydrogen (secondary N) is 1. The molecule has 2 saturated heterocycles. The molecular formula is C22H31N3O7S. The van der Waals surface area contributed by atoms with Gasteiger partial charge in [-0.15, -0.1) is 0 Å². The quantitative estimate of drug-likeness (QED) is 0.253. The highest BCUT2D eigenvalue weighted by Crippen LogP contribution is 2.38. The second-order valence-electron chi connectivity index (χ2n) is 7.91. The molecule has 2 unspecified atom stereocenters. The van der Waals surface area contributed by atoms with Crippen LogP contribution in [0.2, 0.25) is 0 Å². The zero-order chi connectivity index (χ0) is 24.4. The van der Waals surface area contributed by atoms with Gasteiger partial charge in [-0.05, 0) is 43.9 Å². The van der Waals surface area contributed by atoms with E-state index in [0.29, 0.717) is 18.2 Å². The van der Waals surface area contributed by atoms with Gasteiger partial charge in [-0.25, -0.2) is 10.3 Å². The number of benzene rings is 2. The minimum atomic E-state index is -4.67. The van der Waals surface area contributed by atoms with Crippen LogP contribution in [-0.2, 0) is 15.1 Å². The van der Waals surface area contributed by atoms with Gasteiger partial charge in [-0.1, -0.05) is 60.7 Å². The SMILES string of the molecule is CN1C2CCC1CC(OC(c1ccccc1)c1ccccc1)C2.NC(=O)NO.O=S(=O)(O)O. The van der Waals surface area contributed by atoms with Crippen LogP contribution in [0.25, 0.3) is 0 Å². The van der Waals surface area contributed by atoms with Gasteiger partial charge >= 0.3 is 16.4 Å². The van der Waals surface area contributed by atoms with Crippen LogP contribution in [0.3, 0.4) is 0 Å². The van der Waals surface area contributed by atoms with Crippen molar-refractivity contribution in [2.45, 2.75) is 50.0 Å². The van der Waals surface area contributed by atoms with Crippen molar-refractivity contribution in [2.75, 3.05) is 7.05 Å². The molecular weight excluding hydrogens is 450 g/mol. The van der Waals surface area contributed by atoms with Crippen molar-refractivity contribution in [2.24, 2.45) is 5.73 Å². The Hall–Kier alpha value is -2.54. The topological polar surface area (TPSA) is 162 Å². The minimum absolute atomic E-state index is 0.0465. The molecule has 0 aromatic heterocycles. The number of ether oxygens (including phenoxy) is 1. The average molecular weight is 482 g/mol. The minimum Gasteiger partial charge on any atom is -0.365 e. The Bertz CT molecular complexity index is 899. The molecule has 10 nitrogen and oxygen atoms in total. The number of amides is 2. The van der Waals surface area contributed by atoms with Crippen molar-refractivity contribution >= 4 is 16.4 Å². The molecule has 4 rings (SSSR count). The Morgan fingerprint density at radius 1 is 1.00 bits per heavy atom. The van der Waals surface area contributed by atoms with E-state index in [-0.39, 0.29) is 6.10 Å². The first-order chi connectivity index (χ1) is 15.6. The number of hydrogen-bond acceptors (Lipinski definition) is 6. The summed E-state index contributed by atoms with van der Waals surface area (Å²) < 4.78 is 38.2. The van der Waals surface area contributed by atoms with Crippen LogP contribution in [0.1, 0.15) is 42.9 Å². The third-order valence-corrected chi connectivity index (χ3v) is 5.70. The van der Waals surface area contributed by atoms with Crippen molar-refractivity contribution in [3.8, 4) is 0 Å². The molecule has 2 aromatic rings. The number of fused-ring (bicyclic) bond motifs is 2. The standard InChI is InChI=1S/C21H25NO.CH4N2O2.H2O4S/c1-22-18-12-13-19(22)15-20(14-18)23-21(16-8-4-2-5-9-16)17-10-6-3-7-11-17;2-1(4)3-5;1-5(2,3)4/h2-11,18-21H,12-15H2,1H3;5H,(H3,2,3,4);(H2,1,2,3,4). The Morgan fingerprint density at radius 3 is 1.70 bits per heavy atom. The Kier molecular flexibility index (Phi) is 10.2. The highest BCUT2D eigenvalue weighted by molar-refractivity contribution is 7.79. The lowest BCUT2D eigenvalue weighted by molar-refractivity contribution is -0.0426. The maximum absolute atomic E-state index is 9.23. The van der Waals surface area contributed by atoms with Gasteiger partial charge in [0.25, 0.3) is 0 Å². The van der Waals surface area contributed by atoms with E-state index < -0.39 is 16.4 Å². The van der Waals surface area contributed by atoms with E-state index in [1.54, 1.807) is 0 Å². The average Bonchev–Trinajstić information content (AvgIpc) is 2.98. The summed E-state index contributed by atoms with van der Waals surface area (Å²) in [4.78, 5) is 11.8. The van der Waals surface area contributed by atoms with Gasteiger partial charge in [0.1, 0.15) is 6.10 Å². The Morgan fingerprint density at radius 2 is 1.36 bits per heavy atom. The van der Waals surface area contributed by atoms with Crippen LogP contribution < -0.4 is 11.2 Å². The monoisotopic (exact) mass is 481 g/mol. The number of hydrogen-bond donors (Lipinski definition) is 5. The van der Waals surface area contributed by atoms with E-state index in [0.717, 1.165) is 0 Å². The molecule has 2 aliphatic rings. The lowest BCUT2D eigenvalue weighted by atomic mass is 9.97. The summed E-state index contributed by atoms with van der Waals surface area (Å²) in [7, 11) is -2.38. The number of carbonyl (C=O) groups is 1. The number of piperidine rings is 1. The molecule has 11 heteroatoms. The van der Waals surface area contributed by atoms with E-state index in [1.807, 2.05) is 0 Å². The summed E-state index contributed by atoms with van der Waals surface area (Å²) in [6.45, 7) is 0. The molecule has 6 N–H and O–H groups in total. The fourth-order valence-electron chi connectivity index (χ4n) is 4.27. The van der Waals surface area contributed by atoms with Gasteiger partial charge < -0.3 is 15.4 Å². The van der Waals surface area contributed by atoms with Crippen molar-refractivity contribution < 1.29 is 32.3 Å². The number of primary amides is 1. The fourth-order valence-corrected chi connectivity index (χ4v) is 4.27. The molecule has 2 fully saturated rings. The normalized spacial score (nSPS) is 21.9. The maximum atomic E-state index is 9.23. The maximum Gasteiger partial charge on any atom is 0.394 e. The van der Waals surface area contributed by atoms with Gasteiger partial charge in [-0.3, -0.25) is 14.3 Å². The summed E-state index contributed by atoms with van der Waals surface area (Å²) in [5.41, 5.74) is 7.97. The lowest BCUT2D eigenvalue weighted by Gasteiger charge is -2.38. The second-order valence-corrected chi connectivity index (χ2v) is 8.80. The lowest BCUT2D eigenvalue weighted by Crippen LogP contribution is -2.43. The van der Waals surface area contributed by atoms with E-state index in [1.165, 1.54) is 42.3 Å². The summed E-state index contributed by atoms with van der Waals surface area (Å²) >= 11 is 0. The predicted molar refractivity (Wildman–Crippen MR) is 122 cm³/mol. The summed E-state index contributed by atoms with van der Waals surface area (Å²) in [6.07, 6.45) is 5.43. The highest BCUT2D eigenvalue weighted by Gasteiger charge is 2.39. The largest absolute Gasteiger partial charge is 0.394 e. The Labute approximate surface area is 193 Å². The molecule has 2 atom stereocenters. The zero-order valence-corrected chi connectivity index (χ0v) is 19.1. The van der Waals surface area contributed by atoms with Crippen molar-refractivity contribution in [3.63, 3.8) is 0 Å². The molecule has 0 aliphatic carbocycles. The van der Waals surface area contributed by atoms with Crippen molar-refractivity contribution in [3.05, 3.63) is 71.8 Å². The molecule has 2 aliphatic heterocycles. The van der Waals surface area contributed by atoms with Crippen molar-refractivity contribution in [1.29, 1.82) is 0 Å². The van der Waals surface area contributed by atoms with Crippen LogP contribution in [0, 0.1) is 0 Å². The third kappa shape index (κ3) is 9.46. The molecule has 0 spiro atoms. The molecule has 182 valence electrons. The molecule has 33 heavy (non-hydrogen) atoms. The fraction of sp³-hybridized carbons (Fsp3) is 0.409. The smallest absolute Gasteiger partial charge is 0.365 e. The van der Waals surface area contributed by atoms with E-state index in [2.05, 4.69) is 78.3 Å². The number of nitrogens with zero attached hydrogens (tertiary/aromatic N) is 1. The highest BCUT2D eigenvalue weighted by atomic mass is 32.3. The van der Waals surface area contributed by atoms with Crippen LogP contribution in [0.4, 0.5) is 4.79 Å². The molecule has 0 radical (unpaired) electrons. The molecule has 2 amide bonds. The van der Waals surface area contributed by atoms with Crippen LogP contribution in [-0.4, -0.2) is 58.9 Å². The number of rotatable bonds is 4. The van der Waals surface area contributed by atoms with Crippen LogP contribution >= 0.6 is 0 Å². The van der Waals surface area contributed by atoms with Gasteiger partial charge in [0.2, 0.25) is 0 Å². The van der Waals surface area contributed by atoms with Gasteiger partial charge in [0.05, 0.1) is 6.10 Å². The van der Waals surface area contributed by atoms with E-state index in [4.69, 9.17) is 27.5 Å². The van der Waals surface area contributed by atoms with Gasteiger partial charge in [0, 0.05) is 12.1 Å². The van der Waals surface area contributed by atoms with Crippen LogP contribution in [0.15, 0.2) is 60.7 Å². The number of carbonyl (C=O) groups excluding carboxylic acids is 1. The Balaban J connectivity index is 0.000000327. The van der Waals surface area contributed by atoms with Crippen molar-refractivity contribution in [1.82, 2.24) is 10.4 Å². The summed E-state index contributed by atoms with van der Waals surface area (Å²) in [6, 6.07) is 21.8. The van der Waals surface area contributed by atoms with Crippen LogP contribution in [0.5, 0.6) is 0 Å². The first-order valence-corrected chi connectivity index (χ1v) is 11.8. The molecule has 2 heterocycles. The van der Waals surface area contributed by atoms with Gasteiger partial charge in [0.15, 0.2) is 0 Å². The number of urea groups is 1. The summed E-state index contributed by atoms with van der Waals surface area (Å²) in [5.74, 6) is 0. The number of hydroxylamine groups is 1. The third-order valence-electron chi connectivity index (χ3n) is 5.70. The molecule has 2 bridgehead atoms.